The molecule has 1 aromatic carbocycles. The predicted octanol–water partition coefficient (Wildman–Crippen LogP) is 4.57. The average molecular weight is 325 g/mol. The van der Waals surface area contributed by atoms with Crippen LogP contribution >= 0.6 is 22.9 Å². The van der Waals surface area contributed by atoms with E-state index in [-0.39, 0.29) is 5.54 Å². The van der Waals surface area contributed by atoms with Crippen LogP contribution in [-0.4, -0.2) is 10.5 Å². The normalized spacial score (nSPS) is 11.7. The minimum Gasteiger partial charge on any atom is -0.487 e. The Kier molecular flexibility index (Phi) is 5.25. The van der Waals surface area contributed by atoms with Crippen molar-refractivity contribution in [2.75, 3.05) is 0 Å². The van der Waals surface area contributed by atoms with Crippen molar-refractivity contribution in [1.82, 2.24) is 10.3 Å². The van der Waals surface area contributed by atoms with E-state index in [0.29, 0.717) is 13.2 Å². The molecule has 1 N–H and O–H groups in total. The smallest absolute Gasteiger partial charge is 0.131 e. The average Bonchev–Trinajstić information content (AvgIpc) is 2.80. The quantitative estimate of drug-likeness (QED) is 0.874. The number of hydrogen-bond donors (Lipinski definition) is 1. The standard InChI is InChI=1S/C16H21ClN2OS/c1-11-19-12(10-21-11)9-20-15-7-5-6-14(17)13(15)8-18-16(2,3)4/h5-7,10,18H,8-9H2,1-4H3. The molecule has 3 nitrogen and oxygen atoms in total. The van der Waals surface area contributed by atoms with Gasteiger partial charge in [-0.3, -0.25) is 0 Å². The first-order chi connectivity index (χ1) is 9.85. The Labute approximate surface area is 135 Å². The lowest BCUT2D eigenvalue weighted by Crippen LogP contribution is -2.35. The first-order valence-electron chi connectivity index (χ1n) is 6.91. The van der Waals surface area contributed by atoms with Crippen LogP contribution in [0, 0.1) is 6.92 Å². The van der Waals surface area contributed by atoms with E-state index in [0.717, 1.165) is 27.0 Å². The first kappa shape index (κ1) is 16.3. The van der Waals surface area contributed by atoms with Crippen molar-refractivity contribution < 1.29 is 4.74 Å². The molecule has 5 heteroatoms. The molecule has 0 aliphatic rings. The lowest BCUT2D eigenvalue weighted by Gasteiger charge is -2.22. The molecule has 0 aliphatic carbocycles. The Morgan fingerprint density at radius 2 is 2.10 bits per heavy atom. The van der Waals surface area contributed by atoms with E-state index in [1.54, 1.807) is 11.3 Å². The molecule has 1 heterocycles. The molecule has 0 saturated heterocycles. The van der Waals surface area contributed by atoms with Crippen molar-refractivity contribution in [2.45, 2.75) is 46.4 Å². The zero-order valence-corrected chi connectivity index (χ0v) is 14.4. The zero-order valence-electron chi connectivity index (χ0n) is 12.9. The number of nitrogens with zero attached hydrogens (tertiary/aromatic N) is 1. The molecule has 0 radical (unpaired) electrons. The van der Waals surface area contributed by atoms with E-state index in [2.05, 4.69) is 31.1 Å². The number of nitrogens with one attached hydrogen (secondary N) is 1. The maximum atomic E-state index is 6.31. The fraction of sp³-hybridized carbons (Fsp3) is 0.438. The Balaban J connectivity index is 2.09. The third-order valence-corrected chi connectivity index (χ3v) is 4.09. The van der Waals surface area contributed by atoms with Crippen LogP contribution in [0.2, 0.25) is 5.02 Å². The largest absolute Gasteiger partial charge is 0.487 e. The molecule has 0 amide bonds. The predicted molar refractivity (Wildman–Crippen MR) is 89.2 cm³/mol. The highest BCUT2D eigenvalue weighted by Crippen LogP contribution is 2.27. The lowest BCUT2D eigenvalue weighted by molar-refractivity contribution is 0.296. The molecule has 2 aromatic rings. The second-order valence-corrected chi connectivity index (χ2v) is 7.44. The topological polar surface area (TPSA) is 34.1 Å². The van der Waals surface area contributed by atoms with Crippen LogP contribution in [0.5, 0.6) is 5.75 Å². The number of aryl methyl sites for hydroxylation is 1. The molecular formula is C16H21ClN2OS. The van der Waals surface area contributed by atoms with Crippen molar-refractivity contribution in [3.8, 4) is 5.75 Å². The molecule has 2 rings (SSSR count). The minimum atomic E-state index is 0.0302. The van der Waals surface area contributed by atoms with Crippen molar-refractivity contribution >= 4 is 22.9 Å². The zero-order chi connectivity index (χ0) is 15.5. The summed E-state index contributed by atoms with van der Waals surface area (Å²) in [6.07, 6.45) is 0. The van der Waals surface area contributed by atoms with Crippen LogP contribution in [-0.2, 0) is 13.2 Å². The van der Waals surface area contributed by atoms with Gasteiger partial charge in [0, 0.05) is 28.0 Å². The number of benzene rings is 1. The molecule has 21 heavy (non-hydrogen) atoms. The first-order valence-corrected chi connectivity index (χ1v) is 8.17. The van der Waals surface area contributed by atoms with Crippen molar-refractivity contribution in [3.05, 3.63) is 44.9 Å². The molecular weight excluding hydrogens is 304 g/mol. The van der Waals surface area contributed by atoms with Crippen molar-refractivity contribution in [1.29, 1.82) is 0 Å². The monoisotopic (exact) mass is 324 g/mol. The molecule has 0 bridgehead atoms. The highest BCUT2D eigenvalue weighted by atomic mass is 35.5. The van der Waals surface area contributed by atoms with Gasteiger partial charge in [0.15, 0.2) is 0 Å². The number of hydrogen-bond acceptors (Lipinski definition) is 4. The molecule has 114 valence electrons. The number of rotatable bonds is 5. The molecule has 0 aliphatic heterocycles. The molecule has 0 atom stereocenters. The Hall–Kier alpha value is -1.10. The van der Waals surface area contributed by atoms with Gasteiger partial charge in [0.1, 0.15) is 12.4 Å². The third-order valence-electron chi connectivity index (χ3n) is 2.91. The highest BCUT2D eigenvalue weighted by Gasteiger charge is 2.14. The van der Waals surface area contributed by atoms with Crippen LogP contribution < -0.4 is 10.1 Å². The summed E-state index contributed by atoms with van der Waals surface area (Å²) in [4.78, 5) is 4.41. The van der Waals surface area contributed by atoms with Crippen LogP contribution in [0.4, 0.5) is 0 Å². The molecule has 0 unspecified atom stereocenters. The highest BCUT2D eigenvalue weighted by molar-refractivity contribution is 7.09. The fourth-order valence-corrected chi connectivity index (χ4v) is 2.66. The summed E-state index contributed by atoms with van der Waals surface area (Å²) in [6, 6.07) is 5.75. The van der Waals surface area contributed by atoms with Crippen molar-refractivity contribution in [3.63, 3.8) is 0 Å². The fourth-order valence-electron chi connectivity index (χ4n) is 1.83. The summed E-state index contributed by atoms with van der Waals surface area (Å²) in [5.41, 5.74) is 1.97. The number of thiazole rings is 1. The number of aromatic nitrogens is 1. The second kappa shape index (κ2) is 6.77. The van der Waals surface area contributed by atoms with Gasteiger partial charge in [0.2, 0.25) is 0 Å². The van der Waals surface area contributed by atoms with Crippen molar-refractivity contribution in [2.24, 2.45) is 0 Å². The Morgan fingerprint density at radius 1 is 1.33 bits per heavy atom. The maximum Gasteiger partial charge on any atom is 0.131 e. The van der Waals surface area contributed by atoms with E-state index >= 15 is 0 Å². The van der Waals surface area contributed by atoms with Gasteiger partial charge in [0.25, 0.3) is 0 Å². The SMILES string of the molecule is Cc1nc(COc2cccc(Cl)c2CNC(C)(C)C)cs1. The molecule has 0 fully saturated rings. The molecule has 1 aromatic heterocycles. The van der Waals surface area contributed by atoms with Crippen LogP contribution in [0.1, 0.15) is 37.0 Å². The Morgan fingerprint density at radius 3 is 2.71 bits per heavy atom. The van der Waals surface area contributed by atoms with E-state index in [4.69, 9.17) is 16.3 Å². The van der Waals surface area contributed by atoms with Gasteiger partial charge in [-0.15, -0.1) is 11.3 Å². The van der Waals surface area contributed by atoms with E-state index in [1.165, 1.54) is 0 Å². The lowest BCUT2D eigenvalue weighted by atomic mass is 10.1. The second-order valence-electron chi connectivity index (χ2n) is 5.97. The number of ether oxygens (including phenoxy) is 1. The van der Waals surface area contributed by atoms with Crippen LogP contribution in [0.25, 0.3) is 0 Å². The van der Waals surface area contributed by atoms with E-state index < -0.39 is 0 Å². The van der Waals surface area contributed by atoms with Gasteiger partial charge in [-0.05, 0) is 39.8 Å². The summed E-state index contributed by atoms with van der Waals surface area (Å²) in [5.74, 6) is 0.810. The molecule has 0 saturated carbocycles. The minimum absolute atomic E-state index is 0.0302. The van der Waals surface area contributed by atoms with Gasteiger partial charge in [-0.1, -0.05) is 17.7 Å². The summed E-state index contributed by atoms with van der Waals surface area (Å²) in [7, 11) is 0. The Bertz CT molecular complexity index is 605. The third kappa shape index (κ3) is 4.99. The van der Waals surface area contributed by atoms with E-state index in [9.17, 15) is 0 Å². The number of halogens is 1. The van der Waals surface area contributed by atoms with Gasteiger partial charge in [-0.25, -0.2) is 4.98 Å². The summed E-state index contributed by atoms with van der Waals surface area (Å²) in [6.45, 7) is 9.52. The van der Waals surface area contributed by atoms with Crippen LogP contribution in [0.3, 0.4) is 0 Å². The summed E-state index contributed by atoms with van der Waals surface area (Å²) in [5, 5.41) is 7.24. The van der Waals surface area contributed by atoms with Gasteiger partial charge >= 0.3 is 0 Å². The van der Waals surface area contributed by atoms with Crippen LogP contribution in [0.15, 0.2) is 23.6 Å². The summed E-state index contributed by atoms with van der Waals surface area (Å²) < 4.78 is 5.90. The molecule has 0 spiro atoms. The van der Waals surface area contributed by atoms with Gasteiger partial charge < -0.3 is 10.1 Å². The maximum absolute atomic E-state index is 6.31. The van der Waals surface area contributed by atoms with Gasteiger partial charge in [0.05, 0.1) is 10.7 Å². The van der Waals surface area contributed by atoms with Gasteiger partial charge in [-0.2, -0.15) is 0 Å². The summed E-state index contributed by atoms with van der Waals surface area (Å²) >= 11 is 7.94. The van der Waals surface area contributed by atoms with E-state index in [1.807, 2.05) is 30.5 Å².